The van der Waals surface area contributed by atoms with E-state index in [4.69, 9.17) is 0 Å². The van der Waals surface area contributed by atoms with Crippen molar-refractivity contribution in [1.82, 2.24) is 0 Å². The van der Waals surface area contributed by atoms with Crippen LogP contribution in [-0.2, 0) is 29.1 Å². The van der Waals surface area contributed by atoms with Crippen molar-refractivity contribution in [2.45, 2.75) is 0 Å². The summed E-state index contributed by atoms with van der Waals surface area (Å²) in [6.07, 6.45) is 4.65. The van der Waals surface area contributed by atoms with Crippen LogP contribution in [0.15, 0.2) is 12.2 Å². The van der Waals surface area contributed by atoms with Gasteiger partial charge in [-0.15, -0.1) is 12.6 Å². The molecular weight excluding hydrogens is 183 g/mol. The van der Waals surface area contributed by atoms with Gasteiger partial charge in [0.15, 0.2) is 0 Å². The van der Waals surface area contributed by atoms with Gasteiger partial charge in [0, 0.05) is 0 Å². The van der Waals surface area contributed by atoms with Crippen LogP contribution in [0.4, 0.5) is 0 Å². The Morgan fingerprint density at radius 2 is 1.29 bits per heavy atom. The number of hydrogen-bond donors (Lipinski definition) is 0. The normalized spacial score (nSPS) is 7.43. The van der Waals surface area contributed by atoms with Gasteiger partial charge in [-0.3, -0.25) is 0 Å². The fourth-order valence-electron chi connectivity index (χ4n) is 0.0680. The Morgan fingerprint density at radius 3 is 1.43 bits per heavy atom. The molecule has 3 heteroatoms. The van der Waals surface area contributed by atoms with Crippen LogP contribution in [0.3, 0.4) is 0 Å². The maximum atomic E-state index is 9.17. The largest absolute Gasteiger partial charge is 2.00 e. The minimum atomic E-state index is 0. The van der Waals surface area contributed by atoms with Gasteiger partial charge in [-0.25, -0.2) is 0 Å². The zero-order valence-corrected chi connectivity index (χ0v) is 4.94. The molecule has 0 spiro atoms. The molecule has 0 unspecified atom stereocenters. The second kappa shape index (κ2) is 9.20. The Labute approximate surface area is 54.4 Å². The van der Waals surface area contributed by atoms with Gasteiger partial charge >= 0.3 is 19.5 Å². The molecule has 0 saturated heterocycles. The van der Waals surface area contributed by atoms with Gasteiger partial charge < -0.3 is 21.7 Å². The molecule has 7 heavy (non-hydrogen) atoms. The topological polar surface area (TPSA) is 34.1 Å². The molecule has 0 atom stereocenters. The van der Waals surface area contributed by atoms with Crippen LogP contribution in [0, 0.1) is 0 Å². The Balaban J connectivity index is 0. The zero-order valence-electron chi connectivity index (χ0n) is 3.30. The van der Waals surface area contributed by atoms with E-state index in [0.717, 1.165) is 12.2 Å². The minimum absolute atomic E-state index is 0. The summed E-state index contributed by atoms with van der Waals surface area (Å²) >= 11 is 0. The third kappa shape index (κ3) is 10.7. The summed E-state index contributed by atoms with van der Waals surface area (Å²) in [5.41, 5.74) is 0. The quantitative estimate of drug-likeness (QED) is 0.338. The summed E-state index contributed by atoms with van der Waals surface area (Å²) < 4.78 is 0. The van der Waals surface area contributed by atoms with E-state index in [2.05, 4.69) is 0 Å². The van der Waals surface area contributed by atoms with Crippen molar-refractivity contribution in [3.8, 4) is 0 Å². The van der Waals surface area contributed by atoms with Crippen LogP contribution in [0.5, 0.6) is 0 Å². The summed E-state index contributed by atoms with van der Waals surface area (Å²) in [6.45, 7) is 0. The van der Waals surface area contributed by atoms with E-state index in [9.17, 15) is 9.59 Å². The first-order valence-electron chi connectivity index (χ1n) is 1.32. The summed E-state index contributed by atoms with van der Waals surface area (Å²) in [5, 5.41) is 0. The molecule has 1 radical (unpaired) electrons. The second-order valence-corrected chi connectivity index (χ2v) is 0.569. The molecule has 0 amide bonds. The molecule has 0 heterocycles. The molecule has 0 rings (SSSR count). The van der Waals surface area contributed by atoms with Crippen LogP contribution in [0.25, 0.3) is 0 Å². The van der Waals surface area contributed by atoms with Gasteiger partial charge in [0.05, 0.1) is 0 Å². The summed E-state index contributed by atoms with van der Waals surface area (Å²) in [6, 6.07) is 0. The predicted octanol–water partition coefficient (Wildman–Crippen LogP) is -0.241. The number of hydrogen-bond acceptors (Lipinski definition) is 2. The van der Waals surface area contributed by atoms with E-state index in [1.807, 2.05) is 0 Å². The van der Waals surface area contributed by atoms with E-state index < -0.39 is 0 Å². The molecule has 0 aliphatic rings. The number of allylic oxidation sites excluding steroid dienone is 2. The standard InChI is InChI=1S/C4H2O2.Rh/c5-3-1-2-4-6;/h1-2H;/q-2;+2. The molecule has 0 aliphatic heterocycles. The fourth-order valence-corrected chi connectivity index (χ4v) is 0.0680. The van der Waals surface area contributed by atoms with Gasteiger partial charge in [-0.1, -0.05) is 0 Å². The molecule has 0 bridgehead atoms. The van der Waals surface area contributed by atoms with Crippen LogP contribution < -0.4 is 0 Å². The van der Waals surface area contributed by atoms with E-state index in [-0.39, 0.29) is 19.5 Å². The van der Waals surface area contributed by atoms with Gasteiger partial charge in [-0.2, -0.15) is 0 Å². The molecular formula is C4H2O2Rh. The van der Waals surface area contributed by atoms with Crippen molar-refractivity contribution < 1.29 is 29.1 Å². The Kier molecular flexibility index (Phi) is 13.0. The molecule has 39 valence electrons. The molecule has 0 aliphatic carbocycles. The first kappa shape index (κ1) is 9.86. The SMILES string of the molecule is O=[C-]C=C[C-]=O.[Rh+2]. The van der Waals surface area contributed by atoms with E-state index in [1.165, 1.54) is 12.6 Å². The Bertz CT molecular complexity index is 67.8. The molecule has 2 nitrogen and oxygen atoms in total. The van der Waals surface area contributed by atoms with Crippen molar-refractivity contribution in [2.75, 3.05) is 0 Å². The Hall–Kier alpha value is -0.297. The van der Waals surface area contributed by atoms with Crippen LogP contribution >= 0.6 is 0 Å². The predicted molar refractivity (Wildman–Crippen MR) is 20.5 cm³/mol. The van der Waals surface area contributed by atoms with Crippen LogP contribution in [0.2, 0.25) is 0 Å². The van der Waals surface area contributed by atoms with Crippen LogP contribution in [-0.4, -0.2) is 12.6 Å². The number of rotatable bonds is 2. The first-order valence-corrected chi connectivity index (χ1v) is 1.32. The smallest absolute Gasteiger partial charge is 0.440 e. The maximum absolute atomic E-state index is 9.17. The molecule has 0 aromatic carbocycles. The van der Waals surface area contributed by atoms with Gasteiger partial charge in [-0.05, 0) is 0 Å². The molecule has 0 aromatic heterocycles. The van der Waals surface area contributed by atoms with Gasteiger partial charge in [0.1, 0.15) is 0 Å². The molecule has 0 aromatic rings. The van der Waals surface area contributed by atoms with E-state index in [0.29, 0.717) is 0 Å². The summed E-state index contributed by atoms with van der Waals surface area (Å²) in [7, 11) is 0. The summed E-state index contributed by atoms with van der Waals surface area (Å²) in [4.78, 5) is 18.3. The van der Waals surface area contributed by atoms with Crippen molar-refractivity contribution in [3.63, 3.8) is 0 Å². The molecule has 0 saturated carbocycles. The monoisotopic (exact) mass is 185 g/mol. The molecule has 0 N–H and O–H groups in total. The first-order chi connectivity index (χ1) is 2.91. The maximum Gasteiger partial charge on any atom is 2.00 e. The Morgan fingerprint density at radius 1 is 1.00 bits per heavy atom. The van der Waals surface area contributed by atoms with Crippen molar-refractivity contribution in [2.24, 2.45) is 0 Å². The van der Waals surface area contributed by atoms with Gasteiger partial charge in [0.2, 0.25) is 0 Å². The third-order valence-electron chi connectivity index (χ3n) is 0.219. The fraction of sp³-hybridized carbons (Fsp3) is 0. The average molecular weight is 185 g/mol. The summed E-state index contributed by atoms with van der Waals surface area (Å²) in [5.74, 6) is 0. The van der Waals surface area contributed by atoms with Crippen molar-refractivity contribution >= 4 is 12.6 Å². The van der Waals surface area contributed by atoms with Crippen molar-refractivity contribution in [1.29, 1.82) is 0 Å². The van der Waals surface area contributed by atoms with Gasteiger partial charge in [0.25, 0.3) is 0 Å². The average Bonchev–Trinajstić information content (AvgIpc) is 1.61. The van der Waals surface area contributed by atoms with E-state index >= 15 is 0 Å². The third-order valence-corrected chi connectivity index (χ3v) is 0.219. The second-order valence-electron chi connectivity index (χ2n) is 0.569. The zero-order chi connectivity index (χ0) is 4.83. The van der Waals surface area contributed by atoms with Crippen molar-refractivity contribution in [3.05, 3.63) is 12.2 Å². The number of carbonyl (C=O) groups excluding carboxylic acids is 2. The van der Waals surface area contributed by atoms with Crippen LogP contribution in [0.1, 0.15) is 0 Å². The molecule has 0 fully saturated rings. The van der Waals surface area contributed by atoms with E-state index in [1.54, 1.807) is 0 Å². The minimum Gasteiger partial charge on any atom is -0.440 e.